The molecule has 3 N–H and O–H groups in total. The molecule has 0 bridgehead atoms. The Labute approximate surface area is 250 Å². The molecule has 0 saturated carbocycles. The number of amides is 1. The lowest BCUT2D eigenvalue weighted by molar-refractivity contribution is -0.175. The summed E-state index contributed by atoms with van der Waals surface area (Å²) in [4.78, 5) is 29.4. The molecule has 3 aliphatic heterocycles. The number of hydrogen-bond donors (Lipinski definition) is 3. The summed E-state index contributed by atoms with van der Waals surface area (Å²) in [7, 11) is 1.58. The van der Waals surface area contributed by atoms with Crippen LogP contribution in [-0.4, -0.2) is 77.3 Å². The zero-order valence-electron chi connectivity index (χ0n) is 24.9. The van der Waals surface area contributed by atoms with E-state index in [0.717, 1.165) is 42.6 Å². The van der Waals surface area contributed by atoms with Crippen LogP contribution in [0, 0.1) is 0 Å². The molecule has 1 fully saturated rings. The van der Waals surface area contributed by atoms with Gasteiger partial charge in [-0.15, -0.1) is 0 Å². The predicted octanol–water partition coefficient (Wildman–Crippen LogP) is 2.93. The summed E-state index contributed by atoms with van der Waals surface area (Å²) in [6.45, 7) is 5.32. The van der Waals surface area contributed by atoms with Crippen LogP contribution in [0.5, 0.6) is 11.5 Å². The Kier molecular flexibility index (Phi) is 7.91. The third kappa shape index (κ3) is 5.85. The van der Waals surface area contributed by atoms with E-state index in [-0.39, 0.29) is 31.7 Å². The summed E-state index contributed by atoms with van der Waals surface area (Å²) in [6, 6.07) is 7.42. The van der Waals surface area contributed by atoms with E-state index in [2.05, 4.69) is 10.2 Å². The first-order valence-electron chi connectivity index (χ1n) is 14.9. The van der Waals surface area contributed by atoms with Gasteiger partial charge in [-0.05, 0) is 86.9 Å². The molecule has 1 saturated heterocycles. The molecule has 4 heterocycles. The fraction of sp³-hybridized carbons (Fsp3) is 0.562. The zero-order chi connectivity index (χ0) is 30.4. The van der Waals surface area contributed by atoms with Crippen molar-refractivity contribution in [2.24, 2.45) is 0 Å². The number of furan rings is 1. The molecule has 1 aromatic carbocycles. The van der Waals surface area contributed by atoms with Crippen LogP contribution in [0.4, 0.5) is 0 Å². The Morgan fingerprint density at radius 2 is 1.88 bits per heavy atom. The predicted molar refractivity (Wildman–Crippen MR) is 153 cm³/mol. The summed E-state index contributed by atoms with van der Waals surface area (Å²) < 4.78 is 28.8. The summed E-state index contributed by atoms with van der Waals surface area (Å²) in [5, 5.41) is 24.8. The standard InChI is InChI=1S/C32H40N2O9/c1-31(2,37)9-5-10-32(38,16-25(35)33-17-20-6-4-13-40-20)30(36)43-29-26-22-15-24-23(41-18-42-24)14-19(22)7-11-34-12-8-21(27(26)34)28(29)39-3/h4,6,13-15,26-27,29,37-38H,5,7-12,16-18H2,1-3H3,(H,33,35)/t26-,27+,29-,32+/m0/s1. The summed E-state index contributed by atoms with van der Waals surface area (Å²) in [5.41, 5.74) is 0.0732. The van der Waals surface area contributed by atoms with Crippen LogP contribution in [0.2, 0.25) is 0 Å². The maximum atomic E-state index is 14.0. The van der Waals surface area contributed by atoms with Crippen LogP contribution in [0.3, 0.4) is 0 Å². The van der Waals surface area contributed by atoms with Crippen molar-refractivity contribution < 1.29 is 43.2 Å². The van der Waals surface area contributed by atoms with E-state index in [1.165, 1.54) is 6.26 Å². The molecule has 0 spiro atoms. The minimum Gasteiger partial charge on any atom is -0.497 e. The van der Waals surface area contributed by atoms with Gasteiger partial charge >= 0.3 is 5.97 Å². The summed E-state index contributed by atoms with van der Waals surface area (Å²) in [5.74, 6) is 0.802. The number of nitrogens with one attached hydrogen (secondary N) is 1. The smallest absolute Gasteiger partial charge is 0.339 e. The molecule has 1 aliphatic carbocycles. The van der Waals surface area contributed by atoms with Gasteiger partial charge in [-0.2, -0.15) is 0 Å². The second-order valence-corrected chi connectivity index (χ2v) is 12.6. The van der Waals surface area contributed by atoms with Crippen molar-refractivity contribution in [3.05, 3.63) is 58.7 Å². The van der Waals surface area contributed by atoms with Crippen LogP contribution < -0.4 is 14.8 Å². The van der Waals surface area contributed by atoms with E-state index < -0.39 is 35.6 Å². The number of esters is 1. The normalized spacial score (nSPS) is 23.8. The molecule has 11 heteroatoms. The fourth-order valence-electron chi connectivity index (χ4n) is 6.97. The highest BCUT2D eigenvalue weighted by molar-refractivity contribution is 5.88. The highest BCUT2D eigenvalue weighted by Gasteiger charge is 2.55. The Bertz CT molecular complexity index is 1400. The van der Waals surface area contributed by atoms with Crippen molar-refractivity contribution in [2.75, 3.05) is 27.0 Å². The van der Waals surface area contributed by atoms with Gasteiger partial charge in [0, 0.05) is 25.0 Å². The number of hydrogen-bond acceptors (Lipinski definition) is 10. The number of carbonyl (C=O) groups excluding carboxylic acids is 2. The second-order valence-electron chi connectivity index (χ2n) is 12.6. The van der Waals surface area contributed by atoms with Crippen molar-refractivity contribution in [3.8, 4) is 11.5 Å². The monoisotopic (exact) mass is 596 g/mol. The molecule has 1 amide bonds. The van der Waals surface area contributed by atoms with Crippen molar-refractivity contribution in [1.29, 1.82) is 0 Å². The highest BCUT2D eigenvalue weighted by atomic mass is 16.7. The van der Waals surface area contributed by atoms with Crippen molar-refractivity contribution >= 4 is 11.9 Å². The Balaban J connectivity index is 1.28. The van der Waals surface area contributed by atoms with Crippen molar-refractivity contribution in [1.82, 2.24) is 10.2 Å². The average molecular weight is 597 g/mol. The summed E-state index contributed by atoms with van der Waals surface area (Å²) in [6.07, 6.45) is 2.37. The van der Waals surface area contributed by atoms with Gasteiger partial charge in [0.05, 0.1) is 31.9 Å². The van der Waals surface area contributed by atoms with E-state index in [9.17, 15) is 19.8 Å². The van der Waals surface area contributed by atoms with E-state index >= 15 is 0 Å². The minimum atomic E-state index is -2.12. The van der Waals surface area contributed by atoms with Gasteiger partial charge in [-0.3, -0.25) is 9.69 Å². The maximum Gasteiger partial charge on any atom is 0.339 e. The van der Waals surface area contributed by atoms with Gasteiger partial charge in [0.1, 0.15) is 11.5 Å². The number of methoxy groups -OCH3 is 1. The molecule has 11 nitrogen and oxygen atoms in total. The molecule has 0 radical (unpaired) electrons. The Hall–Kier alpha value is -3.54. The van der Waals surface area contributed by atoms with E-state index in [1.807, 2.05) is 12.1 Å². The molecule has 4 atom stereocenters. The van der Waals surface area contributed by atoms with Crippen LogP contribution in [0.1, 0.15) is 68.8 Å². The van der Waals surface area contributed by atoms with Crippen LogP contribution in [0.15, 0.2) is 46.3 Å². The first-order chi connectivity index (χ1) is 20.6. The largest absolute Gasteiger partial charge is 0.497 e. The number of nitrogens with zero attached hydrogens (tertiary/aromatic N) is 1. The number of ether oxygens (including phenoxy) is 4. The molecule has 1 aromatic heterocycles. The highest BCUT2D eigenvalue weighted by Crippen LogP contribution is 2.52. The molecule has 0 unspecified atom stereocenters. The second kappa shape index (κ2) is 11.5. The minimum absolute atomic E-state index is 0.0192. The van der Waals surface area contributed by atoms with Crippen LogP contribution >= 0.6 is 0 Å². The van der Waals surface area contributed by atoms with E-state index in [0.29, 0.717) is 35.9 Å². The van der Waals surface area contributed by atoms with Gasteiger partial charge in [0.2, 0.25) is 12.7 Å². The van der Waals surface area contributed by atoms with Gasteiger partial charge in [-0.25, -0.2) is 4.79 Å². The Morgan fingerprint density at radius 3 is 2.60 bits per heavy atom. The average Bonchev–Trinajstić information content (AvgIpc) is 3.74. The lowest BCUT2D eigenvalue weighted by Crippen LogP contribution is -2.47. The molecular formula is C32H40N2O9. The third-order valence-electron chi connectivity index (χ3n) is 9.03. The first kappa shape index (κ1) is 29.5. The molecule has 6 rings (SSSR count). The molecule has 232 valence electrons. The van der Waals surface area contributed by atoms with Gasteiger partial charge in [-0.1, -0.05) is 0 Å². The SMILES string of the molecule is COC1=C2CCN3CCc4cc5c(cc4[C@H]([C@@H]1OC(=O)[C@@](O)(CCCC(C)(C)O)CC(=O)NCc1ccco1)[C@@H]23)OCO5. The first-order valence-corrected chi connectivity index (χ1v) is 14.9. The number of carbonyl (C=O) groups is 2. The van der Waals surface area contributed by atoms with Gasteiger partial charge < -0.3 is 38.9 Å². The van der Waals surface area contributed by atoms with Crippen LogP contribution in [-0.2, 0) is 32.0 Å². The molecule has 2 aromatic rings. The van der Waals surface area contributed by atoms with E-state index in [4.69, 9.17) is 23.4 Å². The lowest BCUT2D eigenvalue weighted by atomic mass is 9.86. The topological polar surface area (TPSA) is 140 Å². The quantitative estimate of drug-likeness (QED) is 0.332. The summed E-state index contributed by atoms with van der Waals surface area (Å²) >= 11 is 0. The van der Waals surface area contributed by atoms with Crippen molar-refractivity contribution in [3.63, 3.8) is 0 Å². The number of benzene rings is 1. The third-order valence-corrected chi connectivity index (χ3v) is 9.03. The molecule has 4 aliphatic rings. The number of fused-ring (bicyclic) bond motifs is 3. The Morgan fingerprint density at radius 1 is 1.12 bits per heavy atom. The zero-order valence-corrected chi connectivity index (χ0v) is 24.9. The van der Waals surface area contributed by atoms with Gasteiger partial charge in [0.25, 0.3) is 0 Å². The lowest BCUT2D eigenvalue weighted by Gasteiger charge is -2.33. The maximum absolute atomic E-state index is 14.0. The van der Waals surface area contributed by atoms with Gasteiger partial charge in [0.15, 0.2) is 23.2 Å². The van der Waals surface area contributed by atoms with Crippen molar-refractivity contribution in [2.45, 2.75) is 88.2 Å². The van der Waals surface area contributed by atoms with Crippen LogP contribution in [0.25, 0.3) is 0 Å². The number of rotatable bonds is 11. The fourth-order valence-corrected chi connectivity index (χ4v) is 6.97. The van der Waals surface area contributed by atoms with E-state index in [1.54, 1.807) is 33.1 Å². The molecule has 43 heavy (non-hydrogen) atoms. The molecular weight excluding hydrogens is 556 g/mol. The number of aliphatic hydroxyl groups is 2.